The molecule has 2 atom stereocenters. The lowest BCUT2D eigenvalue weighted by atomic mass is 9.96. The number of benzene rings is 1. The molecule has 1 fully saturated rings. The smallest absolute Gasteiger partial charge is 0.336 e. The van der Waals surface area contributed by atoms with Crippen LogP contribution < -0.4 is 5.32 Å². The molecule has 0 heterocycles. The molecule has 2 rings (SSSR count). The Hall–Kier alpha value is -1.88. The van der Waals surface area contributed by atoms with Crippen molar-refractivity contribution in [3.05, 3.63) is 34.4 Å². The van der Waals surface area contributed by atoms with Crippen LogP contribution in [0.4, 0.5) is 0 Å². The zero-order valence-corrected chi connectivity index (χ0v) is 12.6. The second-order valence-electron chi connectivity index (χ2n) is 5.60. The first-order chi connectivity index (χ1) is 9.93. The number of carbonyl (C=O) groups excluding carboxylic acids is 1. The second kappa shape index (κ2) is 6.26. The van der Waals surface area contributed by atoms with Gasteiger partial charge in [-0.15, -0.1) is 0 Å². The number of nitrogens with one attached hydrogen (secondary N) is 1. The van der Waals surface area contributed by atoms with Crippen molar-refractivity contribution in [2.24, 2.45) is 0 Å². The minimum atomic E-state index is -1.07. The van der Waals surface area contributed by atoms with Gasteiger partial charge in [0.2, 0.25) is 0 Å². The highest BCUT2D eigenvalue weighted by Crippen LogP contribution is 2.23. The van der Waals surface area contributed by atoms with Crippen molar-refractivity contribution in [3.8, 4) is 0 Å². The molecule has 1 saturated carbocycles. The van der Waals surface area contributed by atoms with E-state index in [4.69, 9.17) is 4.74 Å². The van der Waals surface area contributed by atoms with Gasteiger partial charge in [-0.25, -0.2) is 4.79 Å². The summed E-state index contributed by atoms with van der Waals surface area (Å²) in [6, 6.07) is 3.55. The van der Waals surface area contributed by atoms with Gasteiger partial charge in [-0.1, -0.05) is 12.1 Å². The van der Waals surface area contributed by atoms with Gasteiger partial charge >= 0.3 is 5.97 Å². The standard InChI is InChI=1S/C16H21NO4/c1-9-4-5-10(2)14(16(19)20)13(9)15(18)17-11-6-7-12(8-11)21-3/h4-5,11-12H,6-8H2,1-3H3,(H,17,18)(H,19,20). The summed E-state index contributed by atoms with van der Waals surface area (Å²) in [4.78, 5) is 23.9. The third kappa shape index (κ3) is 3.24. The molecule has 1 aliphatic carbocycles. The third-order valence-electron chi connectivity index (χ3n) is 4.12. The Bertz CT molecular complexity index is 568. The number of rotatable bonds is 4. The molecule has 5 nitrogen and oxygen atoms in total. The van der Waals surface area contributed by atoms with Gasteiger partial charge in [-0.2, -0.15) is 0 Å². The van der Waals surface area contributed by atoms with Crippen molar-refractivity contribution in [1.29, 1.82) is 0 Å². The Morgan fingerprint density at radius 3 is 2.33 bits per heavy atom. The molecule has 1 aliphatic rings. The summed E-state index contributed by atoms with van der Waals surface area (Å²) in [5.74, 6) is -1.38. The Kier molecular flexibility index (Phi) is 4.63. The van der Waals surface area contributed by atoms with E-state index in [2.05, 4.69) is 5.32 Å². The van der Waals surface area contributed by atoms with E-state index in [0.717, 1.165) is 19.3 Å². The molecule has 2 unspecified atom stereocenters. The van der Waals surface area contributed by atoms with Crippen LogP contribution in [0.5, 0.6) is 0 Å². The van der Waals surface area contributed by atoms with E-state index < -0.39 is 5.97 Å². The predicted octanol–water partition coefficient (Wildman–Crippen LogP) is 2.30. The second-order valence-corrected chi connectivity index (χ2v) is 5.60. The van der Waals surface area contributed by atoms with Crippen LogP contribution in [0.25, 0.3) is 0 Å². The first-order valence-corrected chi connectivity index (χ1v) is 7.11. The summed E-state index contributed by atoms with van der Waals surface area (Å²) in [6.45, 7) is 3.46. The molecule has 2 N–H and O–H groups in total. The first kappa shape index (κ1) is 15.5. The lowest BCUT2D eigenvalue weighted by Gasteiger charge is -2.16. The van der Waals surface area contributed by atoms with Gasteiger partial charge in [0, 0.05) is 13.2 Å². The molecule has 1 aromatic rings. The molecule has 1 amide bonds. The molecule has 0 radical (unpaired) electrons. The van der Waals surface area contributed by atoms with Crippen LogP contribution in [-0.2, 0) is 4.74 Å². The van der Waals surface area contributed by atoms with Gasteiger partial charge in [-0.3, -0.25) is 4.79 Å². The minimum Gasteiger partial charge on any atom is -0.478 e. The maximum atomic E-state index is 12.5. The highest BCUT2D eigenvalue weighted by atomic mass is 16.5. The van der Waals surface area contributed by atoms with E-state index >= 15 is 0 Å². The summed E-state index contributed by atoms with van der Waals surface area (Å²) in [5.41, 5.74) is 1.63. The predicted molar refractivity (Wildman–Crippen MR) is 78.8 cm³/mol. The van der Waals surface area contributed by atoms with Gasteiger partial charge < -0.3 is 15.2 Å². The summed E-state index contributed by atoms with van der Waals surface area (Å²) in [6.07, 6.45) is 2.72. The molecule has 0 spiro atoms. The number of amides is 1. The Balaban J connectivity index is 2.23. The quantitative estimate of drug-likeness (QED) is 0.892. The van der Waals surface area contributed by atoms with Gasteiger partial charge in [0.05, 0.1) is 17.2 Å². The highest BCUT2D eigenvalue weighted by Gasteiger charge is 2.28. The van der Waals surface area contributed by atoms with Crippen molar-refractivity contribution < 1.29 is 19.4 Å². The van der Waals surface area contributed by atoms with Crippen LogP contribution in [0.2, 0.25) is 0 Å². The van der Waals surface area contributed by atoms with Crippen molar-refractivity contribution >= 4 is 11.9 Å². The molecule has 5 heteroatoms. The Morgan fingerprint density at radius 2 is 1.81 bits per heavy atom. The van der Waals surface area contributed by atoms with Crippen molar-refractivity contribution in [2.45, 2.75) is 45.3 Å². The number of methoxy groups -OCH3 is 1. The lowest BCUT2D eigenvalue weighted by Crippen LogP contribution is -2.35. The fourth-order valence-corrected chi connectivity index (χ4v) is 2.92. The van der Waals surface area contributed by atoms with E-state index in [0.29, 0.717) is 11.1 Å². The molecule has 21 heavy (non-hydrogen) atoms. The van der Waals surface area contributed by atoms with E-state index in [1.165, 1.54) is 0 Å². The Labute approximate surface area is 124 Å². The lowest BCUT2D eigenvalue weighted by molar-refractivity contribution is 0.0689. The number of hydrogen-bond donors (Lipinski definition) is 2. The van der Waals surface area contributed by atoms with Crippen LogP contribution in [0.3, 0.4) is 0 Å². The molecule has 1 aromatic carbocycles. The maximum Gasteiger partial charge on any atom is 0.336 e. The summed E-state index contributed by atoms with van der Waals surface area (Å²) >= 11 is 0. The zero-order valence-electron chi connectivity index (χ0n) is 12.6. The number of aromatic carboxylic acids is 1. The van der Waals surface area contributed by atoms with Crippen LogP contribution in [0.1, 0.15) is 51.1 Å². The van der Waals surface area contributed by atoms with Gasteiger partial charge in [0.15, 0.2) is 0 Å². The molecule has 0 bridgehead atoms. The van der Waals surface area contributed by atoms with Crippen molar-refractivity contribution in [2.75, 3.05) is 7.11 Å². The van der Waals surface area contributed by atoms with Crippen LogP contribution in [0, 0.1) is 13.8 Å². The normalized spacial score (nSPS) is 21.3. The number of ether oxygens (including phenoxy) is 1. The summed E-state index contributed by atoms with van der Waals surface area (Å²) in [5, 5.41) is 12.3. The van der Waals surface area contributed by atoms with E-state index in [9.17, 15) is 14.7 Å². The van der Waals surface area contributed by atoms with Crippen molar-refractivity contribution in [3.63, 3.8) is 0 Å². The third-order valence-corrected chi connectivity index (χ3v) is 4.12. The topological polar surface area (TPSA) is 75.6 Å². The molecule has 114 valence electrons. The molecule has 0 saturated heterocycles. The van der Waals surface area contributed by atoms with E-state index in [-0.39, 0.29) is 29.2 Å². The van der Waals surface area contributed by atoms with Gasteiger partial charge in [0.1, 0.15) is 0 Å². The average molecular weight is 291 g/mol. The van der Waals surface area contributed by atoms with E-state index in [1.807, 2.05) is 0 Å². The molecule has 0 aromatic heterocycles. The van der Waals surface area contributed by atoms with Crippen LogP contribution in [-0.4, -0.2) is 36.2 Å². The van der Waals surface area contributed by atoms with Crippen LogP contribution >= 0.6 is 0 Å². The van der Waals surface area contributed by atoms with Gasteiger partial charge in [-0.05, 0) is 44.2 Å². The fourth-order valence-electron chi connectivity index (χ4n) is 2.92. The number of carboxylic acid groups (broad SMARTS) is 1. The fraction of sp³-hybridized carbons (Fsp3) is 0.500. The molecular weight excluding hydrogens is 270 g/mol. The maximum absolute atomic E-state index is 12.5. The molecule has 0 aliphatic heterocycles. The monoisotopic (exact) mass is 291 g/mol. The largest absolute Gasteiger partial charge is 0.478 e. The van der Waals surface area contributed by atoms with Crippen LogP contribution in [0.15, 0.2) is 12.1 Å². The summed E-state index contributed by atoms with van der Waals surface area (Å²) < 4.78 is 5.29. The zero-order chi connectivity index (χ0) is 15.6. The number of carbonyl (C=O) groups is 2. The average Bonchev–Trinajstić information content (AvgIpc) is 2.88. The van der Waals surface area contributed by atoms with Gasteiger partial charge in [0.25, 0.3) is 5.91 Å². The SMILES string of the molecule is COC1CCC(NC(=O)c2c(C)ccc(C)c2C(=O)O)C1. The van der Waals surface area contributed by atoms with Crippen molar-refractivity contribution in [1.82, 2.24) is 5.32 Å². The number of carboxylic acids is 1. The molecular formula is C16H21NO4. The first-order valence-electron chi connectivity index (χ1n) is 7.11. The number of hydrogen-bond acceptors (Lipinski definition) is 3. The summed E-state index contributed by atoms with van der Waals surface area (Å²) in [7, 11) is 1.67. The van der Waals surface area contributed by atoms with E-state index in [1.54, 1.807) is 33.1 Å². The minimum absolute atomic E-state index is 0.0454. The number of aryl methyl sites for hydroxylation is 2. The highest BCUT2D eigenvalue weighted by molar-refractivity contribution is 6.06. The Morgan fingerprint density at radius 1 is 1.19 bits per heavy atom.